The molecule has 2 aromatic heterocycles. The van der Waals surface area contributed by atoms with Gasteiger partial charge in [0.25, 0.3) is 0 Å². The predicted molar refractivity (Wildman–Crippen MR) is 123 cm³/mol. The van der Waals surface area contributed by atoms with Crippen LogP contribution in [0.5, 0.6) is 11.5 Å². The molecule has 1 aliphatic rings. The van der Waals surface area contributed by atoms with E-state index in [1.165, 1.54) is 40.4 Å². The molecule has 0 bridgehead atoms. The summed E-state index contributed by atoms with van der Waals surface area (Å²) in [5.74, 6) is -2.17. The molecule has 0 radical (unpaired) electrons. The van der Waals surface area contributed by atoms with E-state index in [0.29, 0.717) is 18.8 Å². The Balaban J connectivity index is 1.67. The Morgan fingerprint density at radius 3 is 2.65 bits per heavy atom. The van der Waals surface area contributed by atoms with Gasteiger partial charge in [-0.3, -0.25) is 4.68 Å². The van der Waals surface area contributed by atoms with E-state index < -0.39 is 32.3 Å². The second kappa shape index (κ2) is 8.71. The van der Waals surface area contributed by atoms with Crippen molar-refractivity contribution in [3.8, 4) is 34.0 Å². The van der Waals surface area contributed by atoms with Crippen LogP contribution in [0.25, 0.3) is 22.5 Å². The number of hydrogen-bond acceptors (Lipinski definition) is 7. The maximum atomic E-state index is 15.4. The van der Waals surface area contributed by atoms with E-state index >= 15 is 4.39 Å². The van der Waals surface area contributed by atoms with Crippen molar-refractivity contribution in [2.24, 2.45) is 5.14 Å². The van der Waals surface area contributed by atoms with E-state index in [1.54, 1.807) is 16.9 Å². The predicted octanol–water partition coefficient (Wildman–Crippen LogP) is 4.19. The SMILES string of the molecule is NS(=O)(=O)c1c(F)c(-c2cscn2)cc(Cl)c1Oc1ccc(F)cc1-c1ccnn1C1CNC1. The van der Waals surface area contributed by atoms with Crippen molar-refractivity contribution in [2.75, 3.05) is 13.1 Å². The first-order valence-electron chi connectivity index (χ1n) is 9.89. The number of thiazole rings is 1. The third kappa shape index (κ3) is 4.07. The van der Waals surface area contributed by atoms with Crippen molar-refractivity contribution < 1.29 is 21.9 Å². The van der Waals surface area contributed by atoms with E-state index in [-0.39, 0.29) is 33.6 Å². The number of aromatic nitrogens is 3. The first kappa shape index (κ1) is 22.9. The number of halogens is 3. The number of benzene rings is 2. The molecule has 13 heteroatoms. The summed E-state index contributed by atoms with van der Waals surface area (Å²) in [6.45, 7) is 1.37. The van der Waals surface area contributed by atoms with Gasteiger partial charge in [0.1, 0.15) is 11.6 Å². The molecule has 0 spiro atoms. The Kier molecular flexibility index (Phi) is 5.86. The maximum absolute atomic E-state index is 15.4. The molecule has 1 saturated heterocycles. The van der Waals surface area contributed by atoms with Gasteiger partial charge < -0.3 is 10.1 Å². The number of sulfonamides is 1. The topological polar surface area (TPSA) is 112 Å². The number of nitrogens with two attached hydrogens (primary N) is 1. The highest BCUT2D eigenvalue weighted by atomic mass is 35.5. The van der Waals surface area contributed by atoms with Crippen molar-refractivity contribution in [1.29, 1.82) is 0 Å². The van der Waals surface area contributed by atoms with Gasteiger partial charge in [0.05, 0.1) is 28.0 Å². The number of ether oxygens (including phenoxy) is 1. The van der Waals surface area contributed by atoms with Crippen LogP contribution in [-0.4, -0.2) is 36.3 Å². The Morgan fingerprint density at radius 2 is 2.00 bits per heavy atom. The van der Waals surface area contributed by atoms with Gasteiger partial charge in [-0.2, -0.15) is 5.10 Å². The first-order valence-corrected chi connectivity index (χ1v) is 12.8. The molecule has 0 saturated carbocycles. The van der Waals surface area contributed by atoms with Crippen molar-refractivity contribution in [3.05, 3.63) is 64.1 Å². The van der Waals surface area contributed by atoms with Crippen LogP contribution in [0.4, 0.5) is 8.78 Å². The molecule has 176 valence electrons. The van der Waals surface area contributed by atoms with Gasteiger partial charge in [-0.15, -0.1) is 11.3 Å². The smallest absolute Gasteiger partial charge is 0.244 e. The summed E-state index contributed by atoms with van der Waals surface area (Å²) in [6, 6.07) is 6.60. The van der Waals surface area contributed by atoms with E-state index in [4.69, 9.17) is 21.5 Å². The van der Waals surface area contributed by atoms with Crippen molar-refractivity contribution in [3.63, 3.8) is 0 Å². The highest BCUT2D eigenvalue weighted by molar-refractivity contribution is 7.89. The highest BCUT2D eigenvalue weighted by Gasteiger charge is 2.30. The van der Waals surface area contributed by atoms with Gasteiger partial charge in [0, 0.05) is 35.8 Å². The summed E-state index contributed by atoms with van der Waals surface area (Å²) in [4.78, 5) is 3.09. The lowest BCUT2D eigenvalue weighted by atomic mass is 10.1. The van der Waals surface area contributed by atoms with Crippen LogP contribution in [0.2, 0.25) is 5.02 Å². The highest BCUT2D eigenvalue weighted by Crippen LogP contribution is 2.44. The van der Waals surface area contributed by atoms with Crippen LogP contribution >= 0.6 is 22.9 Å². The number of rotatable bonds is 6. The summed E-state index contributed by atoms with van der Waals surface area (Å²) < 4.78 is 62.0. The van der Waals surface area contributed by atoms with Crippen molar-refractivity contribution in [2.45, 2.75) is 10.9 Å². The van der Waals surface area contributed by atoms with Crippen molar-refractivity contribution in [1.82, 2.24) is 20.1 Å². The van der Waals surface area contributed by atoms with Crippen LogP contribution in [0.15, 0.2) is 52.3 Å². The Labute approximate surface area is 202 Å². The van der Waals surface area contributed by atoms with Gasteiger partial charge in [-0.1, -0.05) is 11.6 Å². The number of primary sulfonamides is 1. The van der Waals surface area contributed by atoms with Gasteiger partial charge >= 0.3 is 0 Å². The molecule has 1 fully saturated rings. The second-order valence-corrected chi connectivity index (χ2v) is 10.1. The van der Waals surface area contributed by atoms with Gasteiger partial charge in [-0.05, 0) is 30.3 Å². The van der Waals surface area contributed by atoms with Crippen LogP contribution in [0.1, 0.15) is 6.04 Å². The van der Waals surface area contributed by atoms with E-state index in [2.05, 4.69) is 15.4 Å². The number of nitrogens with one attached hydrogen (secondary N) is 1. The lowest BCUT2D eigenvalue weighted by Gasteiger charge is -2.29. The van der Waals surface area contributed by atoms with E-state index in [9.17, 15) is 12.8 Å². The molecule has 0 unspecified atom stereocenters. The lowest BCUT2D eigenvalue weighted by molar-refractivity contribution is 0.321. The van der Waals surface area contributed by atoms with E-state index in [0.717, 1.165) is 6.07 Å². The Bertz CT molecular complexity index is 1490. The molecule has 1 aliphatic heterocycles. The quantitative estimate of drug-likeness (QED) is 0.392. The average Bonchev–Trinajstić information content (AvgIpc) is 3.42. The molecule has 8 nitrogen and oxygen atoms in total. The molecule has 5 rings (SSSR count). The molecule has 2 aromatic carbocycles. The zero-order valence-corrected chi connectivity index (χ0v) is 19.6. The molecule has 0 atom stereocenters. The molecule has 4 aromatic rings. The van der Waals surface area contributed by atoms with Crippen LogP contribution in [-0.2, 0) is 10.0 Å². The molecule has 0 amide bonds. The molecule has 0 aliphatic carbocycles. The number of nitrogens with zero attached hydrogens (tertiary/aromatic N) is 3. The zero-order valence-electron chi connectivity index (χ0n) is 17.2. The first-order chi connectivity index (χ1) is 16.2. The van der Waals surface area contributed by atoms with Gasteiger partial charge in [0.2, 0.25) is 10.0 Å². The lowest BCUT2D eigenvalue weighted by Crippen LogP contribution is -2.44. The second-order valence-electron chi connectivity index (χ2n) is 7.51. The summed E-state index contributed by atoms with van der Waals surface area (Å²) >= 11 is 7.57. The minimum absolute atomic E-state index is 0.0445. The minimum Gasteiger partial charge on any atom is -0.454 e. The Morgan fingerprint density at radius 1 is 1.21 bits per heavy atom. The van der Waals surface area contributed by atoms with Crippen molar-refractivity contribution >= 4 is 33.0 Å². The monoisotopic (exact) mass is 523 g/mol. The van der Waals surface area contributed by atoms with Crippen LogP contribution in [0, 0.1) is 11.6 Å². The average molecular weight is 524 g/mol. The fourth-order valence-corrected chi connectivity index (χ4v) is 5.25. The van der Waals surface area contributed by atoms with Gasteiger partial charge in [0.15, 0.2) is 16.5 Å². The summed E-state index contributed by atoms with van der Waals surface area (Å²) in [7, 11) is -4.62. The normalized spacial score (nSPS) is 14.2. The fourth-order valence-electron chi connectivity index (χ4n) is 3.63. The maximum Gasteiger partial charge on any atom is 0.244 e. The van der Waals surface area contributed by atoms with Crippen LogP contribution < -0.4 is 15.2 Å². The summed E-state index contributed by atoms with van der Waals surface area (Å²) in [6.07, 6.45) is 1.56. The largest absolute Gasteiger partial charge is 0.454 e. The Hall–Kier alpha value is -2.90. The van der Waals surface area contributed by atoms with Gasteiger partial charge in [-0.25, -0.2) is 27.3 Å². The number of hydrogen-bond donors (Lipinski definition) is 2. The molecule has 3 heterocycles. The molecule has 34 heavy (non-hydrogen) atoms. The zero-order chi connectivity index (χ0) is 24.0. The molecular formula is C21H16ClF2N5O3S2. The standard InChI is InChI=1S/C21H16ClF2N5O3S2/c22-15-6-13(16-9-33-10-27-16)19(24)21(34(25,30)31)20(15)32-18-2-1-11(23)5-14(18)17-3-4-28-29(17)12-7-26-8-12/h1-6,9-10,12,26H,7-8H2,(H2,25,30,31). The summed E-state index contributed by atoms with van der Waals surface area (Å²) in [5, 5.41) is 14.1. The molecule has 3 N–H and O–H groups in total. The summed E-state index contributed by atoms with van der Waals surface area (Å²) in [5.41, 5.74) is 2.34. The van der Waals surface area contributed by atoms with Crippen LogP contribution in [0.3, 0.4) is 0 Å². The minimum atomic E-state index is -4.62. The third-order valence-corrected chi connectivity index (χ3v) is 7.13. The molecular weight excluding hydrogens is 508 g/mol. The van der Waals surface area contributed by atoms with E-state index in [1.807, 2.05) is 0 Å². The third-order valence-electron chi connectivity index (χ3n) is 5.33. The fraction of sp³-hybridized carbons (Fsp3) is 0.143.